The molecule has 0 unspecified atom stereocenters. The summed E-state index contributed by atoms with van der Waals surface area (Å²) >= 11 is 6.41. The molecule has 0 bridgehead atoms. The predicted molar refractivity (Wildman–Crippen MR) is 103 cm³/mol. The van der Waals surface area contributed by atoms with Crippen molar-refractivity contribution in [3.8, 4) is 5.75 Å². The number of amides is 1. The number of carbonyl (C=O) groups excluding carboxylic acids is 1. The predicted octanol–water partition coefficient (Wildman–Crippen LogP) is 3.52. The number of benzene rings is 2. The Hall–Kier alpha value is -2.38. The summed E-state index contributed by atoms with van der Waals surface area (Å²) in [7, 11) is 1.64. The Morgan fingerprint density at radius 2 is 2.08 bits per heavy atom. The maximum Gasteiger partial charge on any atom is 0.306 e. The molecule has 1 aliphatic rings. The summed E-state index contributed by atoms with van der Waals surface area (Å²) in [5.41, 5.74) is 0.748. The maximum atomic E-state index is 12.3. The topological polar surface area (TPSA) is 66.8 Å². The summed E-state index contributed by atoms with van der Waals surface area (Å²) in [5.74, 6) is -0.532. The number of aliphatic carboxylic acids is 1. The third-order valence-corrected chi connectivity index (χ3v) is 5.25. The van der Waals surface area contributed by atoms with Crippen molar-refractivity contribution in [2.45, 2.75) is 6.42 Å². The Balaban J connectivity index is 2.05. The molecule has 1 aliphatic heterocycles. The fraction of sp³-hybridized carbons (Fsp3) is 0.167. The normalized spacial score (nSPS) is 16.0. The molecule has 1 N–H and O–H groups in total. The Labute approximate surface area is 154 Å². The van der Waals surface area contributed by atoms with E-state index in [1.165, 1.54) is 16.7 Å². The summed E-state index contributed by atoms with van der Waals surface area (Å²) in [6.07, 6.45) is 1.67. The number of rotatable bonds is 5. The van der Waals surface area contributed by atoms with Gasteiger partial charge in [-0.2, -0.15) is 0 Å². The van der Waals surface area contributed by atoms with Gasteiger partial charge >= 0.3 is 5.97 Å². The average molecular weight is 373 g/mol. The molecular formula is C18H15NO4S2. The lowest BCUT2D eigenvalue weighted by atomic mass is 10.0. The summed E-state index contributed by atoms with van der Waals surface area (Å²) in [6.45, 7) is 0.0588. The van der Waals surface area contributed by atoms with Crippen LogP contribution in [0.1, 0.15) is 12.0 Å². The molecule has 1 amide bonds. The van der Waals surface area contributed by atoms with E-state index in [4.69, 9.17) is 22.1 Å². The van der Waals surface area contributed by atoms with Crippen molar-refractivity contribution in [2.24, 2.45) is 0 Å². The number of carbonyl (C=O) groups is 2. The average Bonchev–Trinajstić information content (AvgIpc) is 2.83. The van der Waals surface area contributed by atoms with Gasteiger partial charge in [0.25, 0.3) is 5.91 Å². The molecule has 25 heavy (non-hydrogen) atoms. The zero-order valence-electron chi connectivity index (χ0n) is 13.4. The zero-order valence-corrected chi connectivity index (χ0v) is 15.0. The number of thioether (sulfide) groups is 1. The molecule has 1 saturated heterocycles. The van der Waals surface area contributed by atoms with E-state index in [2.05, 4.69) is 0 Å². The van der Waals surface area contributed by atoms with E-state index >= 15 is 0 Å². The third-order valence-electron chi connectivity index (χ3n) is 3.77. The van der Waals surface area contributed by atoms with Crippen LogP contribution in [0.3, 0.4) is 0 Å². The van der Waals surface area contributed by atoms with Gasteiger partial charge in [0.1, 0.15) is 10.1 Å². The minimum Gasteiger partial charge on any atom is -0.492 e. The Kier molecular flexibility index (Phi) is 5.06. The highest BCUT2D eigenvalue weighted by Crippen LogP contribution is 2.36. The third kappa shape index (κ3) is 3.67. The Morgan fingerprint density at radius 1 is 1.32 bits per heavy atom. The molecule has 0 radical (unpaired) electrons. The first-order valence-electron chi connectivity index (χ1n) is 7.55. The van der Waals surface area contributed by atoms with Crippen LogP contribution < -0.4 is 4.74 Å². The number of fused-ring (bicyclic) bond motifs is 1. The molecule has 3 rings (SSSR count). The maximum absolute atomic E-state index is 12.3. The fourth-order valence-corrected chi connectivity index (χ4v) is 3.64. The highest BCUT2D eigenvalue weighted by molar-refractivity contribution is 8.26. The minimum atomic E-state index is -0.922. The highest BCUT2D eigenvalue weighted by Gasteiger charge is 2.29. The van der Waals surface area contributed by atoms with Crippen LogP contribution in [0, 0.1) is 0 Å². The molecule has 1 heterocycles. The van der Waals surface area contributed by atoms with Crippen molar-refractivity contribution in [3.05, 3.63) is 46.9 Å². The quantitative estimate of drug-likeness (QED) is 0.639. The second-order valence-electron chi connectivity index (χ2n) is 5.43. The van der Waals surface area contributed by atoms with Crippen LogP contribution >= 0.6 is 24.0 Å². The number of likely N-dealkylation sites (N-methyl/N-ethyl adjacent to an activating group) is 1. The van der Waals surface area contributed by atoms with Gasteiger partial charge in [-0.15, -0.1) is 0 Å². The van der Waals surface area contributed by atoms with E-state index in [-0.39, 0.29) is 18.9 Å². The standard InChI is InChI=1S/C18H15NO4S2/c1-19-17(22)15(25-18(19)24)10-13-12-5-3-2-4-11(12)6-7-14(13)23-9-8-16(20)21/h2-7,10H,8-9H2,1H3,(H,20,21). The van der Waals surface area contributed by atoms with Crippen molar-refractivity contribution in [3.63, 3.8) is 0 Å². The lowest BCUT2D eigenvalue weighted by Crippen LogP contribution is -2.22. The van der Waals surface area contributed by atoms with E-state index in [0.717, 1.165) is 16.3 Å². The lowest BCUT2D eigenvalue weighted by molar-refractivity contribution is -0.137. The van der Waals surface area contributed by atoms with Gasteiger partial charge in [-0.1, -0.05) is 54.3 Å². The van der Waals surface area contributed by atoms with Gasteiger partial charge < -0.3 is 9.84 Å². The van der Waals surface area contributed by atoms with Gasteiger partial charge in [0.05, 0.1) is 17.9 Å². The lowest BCUT2D eigenvalue weighted by Gasteiger charge is -2.12. The molecule has 0 atom stereocenters. The van der Waals surface area contributed by atoms with Crippen LogP contribution in [0.5, 0.6) is 5.75 Å². The smallest absolute Gasteiger partial charge is 0.306 e. The second kappa shape index (κ2) is 7.25. The molecular weight excluding hydrogens is 358 g/mol. The number of ether oxygens (including phenoxy) is 1. The van der Waals surface area contributed by atoms with Crippen LogP contribution in [0.25, 0.3) is 16.8 Å². The number of thiocarbonyl (C=S) groups is 1. The van der Waals surface area contributed by atoms with Crippen molar-refractivity contribution < 1.29 is 19.4 Å². The van der Waals surface area contributed by atoms with E-state index in [0.29, 0.717) is 15.0 Å². The molecule has 2 aromatic rings. The fourth-order valence-electron chi connectivity index (χ4n) is 2.48. The number of carboxylic acid groups (broad SMARTS) is 1. The van der Waals surface area contributed by atoms with E-state index < -0.39 is 5.97 Å². The van der Waals surface area contributed by atoms with Gasteiger partial charge in [0.15, 0.2) is 0 Å². The summed E-state index contributed by atoms with van der Waals surface area (Å²) in [6, 6.07) is 11.5. The van der Waals surface area contributed by atoms with Crippen LogP contribution in [-0.2, 0) is 9.59 Å². The molecule has 5 nitrogen and oxygen atoms in total. The molecule has 0 spiro atoms. The van der Waals surface area contributed by atoms with Gasteiger partial charge in [0, 0.05) is 12.6 Å². The SMILES string of the molecule is CN1C(=O)C(=Cc2c(OCCC(=O)O)ccc3ccccc23)SC1=S. The van der Waals surface area contributed by atoms with Gasteiger partial charge in [-0.05, 0) is 22.9 Å². The van der Waals surface area contributed by atoms with Crippen molar-refractivity contribution in [2.75, 3.05) is 13.7 Å². The van der Waals surface area contributed by atoms with Gasteiger partial charge in [0.2, 0.25) is 0 Å². The summed E-state index contributed by atoms with van der Waals surface area (Å²) in [4.78, 5) is 25.0. The molecule has 0 saturated carbocycles. The van der Waals surface area contributed by atoms with Crippen LogP contribution in [0.2, 0.25) is 0 Å². The van der Waals surface area contributed by atoms with E-state index in [9.17, 15) is 9.59 Å². The van der Waals surface area contributed by atoms with Crippen molar-refractivity contribution >= 4 is 57.0 Å². The molecule has 7 heteroatoms. The first-order valence-corrected chi connectivity index (χ1v) is 8.78. The summed E-state index contributed by atoms with van der Waals surface area (Å²) in [5, 5.41) is 10.7. The molecule has 0 aliphatic carbocycles. The highest BCUT2D eigenvalue weighted by atomic mass is 32.2. The largest absolute Gasteiger partial charge is 0.492 e. The Bertz CT molecular complexity index is 907. The zero-order chi connectivity index (χ0) is 18.0. The minimum absolute atomic E-state index is 0.0588. The van der Waals surface area contributed by atoms with Gasteiger partial charge in [-0.3, -0.25) is 14.5 Å². The molecule has 0 aromatic heterocycles. The number of hydrogen-bond acceptors (Lipinski definition) is 5. The van der Waals surface area contributed by atoms with Crippen molar-refractivity contribution in [1.82, 2.24) is 4.90 Å². The monoisotopic (exact) mass is 373 g/mol. The van der Waals surface area contributed by atoms with Crippen LogP contribution in [0.4, 0.5) is 0 Å². The number of nitrogens with zero attached hydrogens (tertiary/aromatic N) is 1. The second-order valence-corrected chi connectivity index (χ2v) is 7.11. The first kappa shape index (κ1) is 17.4. The van der Waals surface area contributed by atoms with Crippen LogP contribution in [-0.4, -0.2) is 39.9 Å². The molecule has 1 fully saturated rings. The first-order chi connectivity index (χ1) is 12.0. The van der Waals surface area contributed by atoms with Crippen molar-refractivity contribution in [1.29, 1.82) is 0 Å². The van der Waals surface area contributed by atoms with E-state index in [1.54, 1.807) is 19.2 Å². The molecule has 2 aromatic carbocycles. The van der Waals surface area contributed by atoms with E-state index in [1.807, 2.05) is 30.3 Å². The van der Waals surface area contributed by atoms with Crippen LogP contribution in [0.15, 0.2) is 41.3 Å². The molecule has 128 valence electrons. The summed E-state index contributed by atoms with van der Waals surface area (Å²) < 4.78 is 6.17. The number of hydrogen-bond donors (Lipinski definition) is 1. The van der Waals surface area contributed by atoms with Gasteiger partial charge in [-0.25, -0.2) is 0 Å². The number of carboxylic acids is 1. The Morgan fingerprint density at radius 3 is 2.76 bits per heavy atom.